The maximum atomic E-state index is 11.8. The molecular weight excluding hydrogens is 202 g/mol. The van der Waals surface area contributed by atoms with Crippen molar-refractivity contribution in [3.05, 3.63) is 29.3 Å². The fraction of sp³-hybridized carbons (Fsp3) is 0.462. The largest absolute Gasteiger partial charge is 0.507 e. The molecule has 0 bridgehead atoms. The summed E-state index contributed by atoms with van der Waals surface area (Å²) in [5, 5.41) is 12.6. The summed E-state index contributed by atoms with van der Waals surface area (Å²) in [6, 6.07) is 5.32. The maximum Gasteiger partial charge on any atom is 0.255 e. The van der Waals surface area contributed by atoms with Gasteiger partial charge in [-0.2, -0.15) is 0 Å². The standard InChI is InChI=1S/C13H19NO2/c1-4-6-10(3)14-13(16)11-8-5-7-9(2)12(11)15/h5,7-8,10,15H,4,6H2,1-3H3,(H,14,16). The van der Waals surface area contributed by atoms with E-state index in [1.807, 2.05) is 6.92 Å². The molecule has 0 saturated carbocycles. The molecule has 0 aliphatic heterocycles. The first-order valence-electron chi connectivity index (χ1n) is 5.65. The number of nitrogens with one attached hydrogen (secondary N) is 1. The Hall–Kier alpha value is -1.51. The molecule has 1 atom stereocenters. The molecule has 1 aromatic carbocycles. The minimum atomic E-state index is -0.206. The third kappa shape index (κ3) is 2.99. The van der Waals surface area contributed by atoms with Crippen molar-refractivity contribution >= 4 is 5.91 Å². The predicted molar refractivity (Wildman–Crippen MR) is 64.7 cm³/mol. The van der Waals surface area contributed by atoms with E-state index in [1.54, 1.807) is 25.1 Å². The lowest BCUT2D eigenvalue weighted by Crippen LogP contribution is -2.32. The number of phenols is 1. The normalized spacial score (nSPS) is 12.2. The molecule has 0 spiro atoms. The first-order chi connectivity index (χ1) is 7.56. The molecule has 1 rings (SSSR count). The Bertz CT molecular complexity index is 374. The lowest BCUT2D eigenvalue weighted by Gasteiger charge is -2.13. The molecule has 3 nitrogen and oxygen atoms in total. The van der Waals surface area contributed by atoms with Crippen LogP contribution in [0, 0.1) is 6.92 Å². The van der Waals surface area contributed by atoms with Crippen LogP contribution in [0.2, 0.25) is 0 Å². The van der Waals surface area contributed by atoms with Crippen molar-refractivity contribution in [2.24, 2.45) is 0 Å². The van der Waals surface area contributed by atoms with Gasteiger partial charge in [0.1, 0.15) is 5.75 Å². The van der Waals surface area contributed by atoms with Gasteiger partial charge in [-0.3, -0.25) is 4.79 Å². The number of aryl methyl sites for hydroxylation is 1. The summed E-state index contributed by atoms with van der Waals surface area (Å²) >= 11 is 0. The minimum absolute atomic E-state index is 0.0729. The summed E-state index contributed by atoms with van der Waals surface area (Å²) in [6.45, 7) is 5.82. The van der Waals surface area contributed by atoms with Gasteiger partial charge in [0.25, 0.3) is 5.91 Å². The summed E-state index contributed by atoms with van der Waals surface area (Å²) in [5.74, 6) is -0.133. The van der Waals surface area contributed by atoms with E-state index in [2.05, 4.69) is 12.2 Å². The molecule has 0 aromatic heterocycles. The van der Waals surface area contributed by atoms with Crippen molar-refractivity contribution in [1.82, 2.24) is 5.32 Å². The zero-order valence-corrected chi connectivity index (χ0v) is 10.1. The van der Waals surface area contributed by atoms with Gasteiger partial charge in [-0.15, -0.1) is 0 Å². The summed E-state index contributed by atoms with van der Waals surface area (Å²) in [7, 11) is 0. The Labute approximate surface area is 96.5 Å². The fourth-order valence-electron chi connectivity index (χ4n) is 1.65. The number of amides is 1. The van der Waals surface area contributed by atoms with Crippen LogP contribution in [-0.4, -0.2) is 17.1 Å². The molecule has 0 fully saturated rings. The first kappa shape index (κ1) is 12.6. The highest BCUT2D eigenvalue weighted by atomic mass is 16.3. The molecule has 3 heteroatoms. The first-order valence-corrected chi connectivity index (χ1v) is 5.65. The average molecular weight is 221 g/mol. The number of aromatic hydroxyl groups is 1. The molecule has 0 aliphatic rings. The van der Waals surface area contributed by atoms with E-state index in [-0.39, 0.29) is 17.7 Å². The van der Waals surface area contributed by atoms with Gasteiger partial charge in [-0.25, -0.2) is 0 Å². The van der Waals surface area contributed by atoms with E-state index in [9.17, 15) is 9.90 Å². The molecule has 0 saturated heterocycles. The van der Waals surface area contributed by atoms with Crippen molar-refractivity contribution < 1.29 is 9.90 Å². The monoisotopic (exact) mass is 221 g/mol. The number of rotatable bonds is 4. The predicted octanol–water partition coefficient (Wildman–Crippen LogP) is 2.62. The van der Waals surface area contributed by atoms with Gasteiger partial charge in [0.2, 0.25) is 0 Å². The van der Waals surface area contributed by atoms with Gasteiger partial charge in [-0.05, 0) is 31.9 Å². The Kier molecular flexibility index (Phi) is 4.35. The molecule has 88 valence electrons. The lowest BCUT2D eigenvalue weighted by atomic mass is 10.1. The summed E-state index contributed by atoms with van der Waals surface area (Å²) in [5.41, 5.74) is 1.07. The third-order valence-corrected chi connectivity index (χ3v) is 2.58. The van der Waals surface area contributed by atoms with Crippen LogP contribution in [-0.2, 0) is 0 Å². The van der Waals surface area contributed by atoms with Gasteiger partial charge in [-0.1, -0.05) is 25.5 Å². The number of phenolic OH excluding ortho intramolecular Hbond substituents is 1. The molecule has 1 unspecified atom stereocenters. The van der Waals surface area contributed by atoms with Crippen molar-refractivity contribution in [3.63, 3.8) is 0 Å². The maximum absolute atomic E-state index is 11.8. The van der Waals surface area contributed by atoms with Crippen molar-refractivity contribution in [1.29, 1.82) is 0 Å². The highest BCUT2D eigenvalue weighted by Gasteiger charge is 2.13. The quantitative estimate of drug-likeness (QED) is 0.821. The molecule has 2 N–H and O–H groups in total. The zero-order chi connectivity index (χ0) is 12.1. The molecule has 0 heterocycles. The minimum Gasteiger partial charge on any atom is -0.507 e. The van der Waals surface area contributed by atoms with Crippen LogP contribution in [0.1, 0.15) is 42.6 Å². The van der Waals surface area contributed by atoms with Crippen LogP contribution in [0.15, 0.2) is 18.2 Å². The van der Waals surface area contributed by atoms with E-state index in [4.69, 9.17) is 0 Å². The van der Waals surface area contributed by atoms with Gasteiger partial charge < -0.3 is 10.4 Å². The van der Waals surface area contributed by atoms with E-state index >= 15 is 0 Å². The summed E-state index contributed by atoms with van der Waals surface area (Å²) in [4.78, 5) is 11.8. The van der Waals surface area contributed by atoms with Crippen LogP contribution in [0.4, 0.5) is 0 Å². The van der Waals surface area contributed by atoms with Crippen molar-refractivity contribution in [2.45, 2.75) is 39.7 Å². The molecule has 1 aromatic rings. The number of para-hydroxylation sites is 1. The van der Waals surface area contributed by atoms with E-state index in [1.165, 1.54) is 0 Å². The number of hydrogen-bond acceptors (Lipinski definition) is 2. The van der Waals surface area contributed by atoms with Gasteiger partial charge in [0.15, 0.2) is 0 Å². The van der Waals surface area contributed by atoms with E-state index < -0.39 is 0 Å². The van der Waals surface area contributed by atoms with Gasteiger partial charge in [0.05, 0.1) is 5.56 Å². The average Bonchev–Trinajstić information content (AvgIpc) is 2.22. The molecule has 0 aliphatic carbocycles. The third-order valence-electron chi connectivity index (χ3n) is 2.58. The SMILES string of the molecule is CCCC(C)NC(=O)c1cccc(C)c1O. The summed E-state index contributed by atoms with van der Waals surface area (Å²) < 4.78 is 0. The van der Waals surface area contributed by atoms with Crippen molar-refractivity contribution in [3.8, 4) is 5.75 Å². The molecule has 0 radical (unpaired) electrons. The lowest BCUT2D eigenvalue weighted by molar-refractivity contribution is 0.0935. The van der Waals surface area contributed by atoms with Gasteiger partial charge in [0, 0.05) is 6.04 Å². The van der Waals surface area contributed by atoms with E-state index in [0.29, 0.717) is 5.56 Å². The topological polar surface area (TPSA) is 49.3 Å². The molecule has 16 heavy (non-hydrogen) atoms. The Morgan fingerprint density at radius 2 is 2.19 bits per heavy atom. The Balaban J connectivity index is 2.77. The van der Waals surface area contributed by atoms with Crippen LogP contribution >= 0.6 is 0 Å². The summed E-state index contributed by atoms with van der Waals surface area (Å²) in [6.07, 6.45) is 1.97. The highest BCUT2D eigenvalue weighted by Crippen LogP contribution is 2.21. The fourth-order valence-corrected chi connectivity index (χ4v) is 1.65. The van der Waals surface area contributed by atoms with Crippen molar-refractivity contribution in [2.75, 3.05) is 0 Å². The van der Waals surface area contributed by atoms with Crippen LogP contribution < -0.4 is 5.32 Å². The Morgan fingerprint density at radius 1 is 1.50 bits per heavy atom. The number of hydrogen-bond donors (Lipinski definition) is 2. The van der Waals surface area contributed by atoms with Crippen LogP contribution in [0.25, 0.3) is 0 Å². The zero-order valence-electron chi connectivity index (χ0n) is 10.1. The van der Waals surface area contributed by atoms with E-state index in [0.717, 1.165) is 18.4 Å². The molecule has 1 amide bonds. The second-order valence-corrected chi connectivity index (χ2v) is 4.13. The van der Waals surface area contributed by atoms with Crippen LogP contribution in [0.3, 0.4) is 0 Å². The smallest absolute Gasteiger partial charge is 0.255 e. The second-order valence-electron chi connectivity index (χ2n) is 4.13. The number of benzene rings is 1. The highest BCUT2D eigenvalue weighted by molar-refractivity contribution is 5.97. The van der Waals surface area contributed by atoms with Crippen LogP contribution in [0.5, 0.6) is 5.75 Å². The second kappa shape index (κ2) is 5.54. The molecular formula is C13H19NO2. The number of carbonyl (C=O) groups is 1. The number of carbonyl (C=O) groups excluding carboxylic acids is 1. The van der Waals surface area contributed by atoms with Gasteiger partial charge >= 0.3 is 0 Å². The Morgan fingerprint density at radius 3 is 2.81 bits per heavy atom.